The van der Waals surface area contributed by atoms with Gasteiger partial charge in [-0.2, -0.15) is 9.42 Å². The number of hydrogen-bond acceptors (Lipinski definition) is 12. The van der Waals surface area contributed by atoms with Crippen LogP contribution in [0.5, 0.6) is 0 Å². The van der Waals surface area contributed by atoms with E-state index in [-0.39, 0.29) is 48.0 Å². The van der Waals surface area contributed by atoms with Gasteiger partial charge in [0.2, 0.25) is 10.0 Å². The maximum absolute atomic E-state index is 13.7. The molecule has 0 bridgehead atoms. The Kier molecular flexibility index (Phi) is 12.7. The molecule has 1 aliphatic rings. The van der Waals surface area contributed by atoms with Crippen LogP contribution >= 0.6 is 0 Å². The van der Waals surface area contributed by atoms with Gasteiger partial charge in [-0.15, -0.1) is 15.3 Å². The number of ether oxygens (including phenoxy) is 2. The summed E-state index contributed by atoms with van der Waals surface area (Å²) in [4.78, 5) is 28.5. The molecule has 0 amide bonds. The van der Waals surface area contributed by atoms with E-state index >= 15 is 0 Å². The third-order valence-electron chi connectivity index (χ3n) is 10.6. The highest BCUT2D eigenvalue weighted by molar-refractivity contribution is 7.89. The fraction of sp³-hybridized carbons (Fsp3) is 0.289. The first-order valence-electron chi connectivity index (χ1n) is 19.3. The average Bonchev–Trinajstić information content (AvgIpc) is 3.23. The van der Waals surface area contributed by atoms with Crippen LogP contribution in [0.15, 0.2) is 141 Å². The Bertz CT molecular complexity index is 2560. The molecule has 1 atom stereocenters. The van der Waals surface area contributed by atoms with E-state index in [0.29, 0.717) is 17.1 Å². The number of sulfonamides is 1. The van der Waals surface area contributed by atoms with E-state index in [4.69, 9.17) is 19.7 Å². The van der Waals surface area contributed by atoms with Gasteiger partial charge in [0.15, 0.2) is 0 Å². The van der Waals surface area contributed by atoms with Gasteiger partial charge in [-0.05, 0) is 81.8 Å². The van der Waals surface area contributed by atoms with Crippen LogP contribution < -0.4 is 9.80 Å². The Morgan fingerprint density at radius 1 is 0.678 bits per heavy atom. The highest BCUT2D eigenvalue weighted by atomic mass is 32.2. The number of esters is 2. The van der Waals surface area contributed by atoms with Gasteiger partial charge in [0.05, 0.1) is 27.6 Å². The van der Waals surface area contributed by atoms with E-state index in [1.54, 1.807) is 12.1 Å². The number of benzene rings is 5. The number of fused-ring (bicyclic) bond motifs is 1. The Morgan fingerprint density at radius 3 is 1.68 bits per heavy atom. The standard InChI is InChI=1S/C45H49N7O6S/c1-9-25-45(6)50(7)40-16-12-15-36-39(23-24-41(42(36)40)51(45)8)49-48-38-22-21-37(34-13-10-11-14-35(34)38)47-46-32-17-19-33(20-18-32)59(55,56)52(26-28-57-43(53)30(2)3)27-29-58-44(54)31(4)5/h10-24H,2,4,9,25-29H2,1,3,5-8H3. The van der Waals surface area contributed by atoms with E-state index in [2.05, 4.69) is 85.4 Å². The summed E-state index contributed by atoms with van der Waals surface area (Å²) >= 11 is 0. The molecule has 0 spiro atoms. The van der Waals surface area contributed by atoms with Crippen molar-refractivity contribution in [3.63, 3.8) is 0 Å². The summed E-state index contributed by atoms with van der Waals surface area (Å²) < 4.78 is 38.7. The summed E-state index contributed by atoms with van der Waals surface area (Å²) in [7, 11) is 0.215. The number of nitrogens with zero attached hydrogens (tertiary/aromatic N) is 7. The third kappa shape index (κ3) is 8.78. The minimum absolute atomic E-state index is 0.0288. The third-order valence-corrected chi connectivity index (χ3v) is 12.5. The molecule has 0 radical (unpaired) electrons. The lowest BCUT2D eigenvalue weighted by Crippen LogP contribution is -2.58. The molecule has 0 saturated heterocycles. The van der Waals surface area contributed by atoms with Gasteiger partial charge in [0, 0.05) is 71.3 Å². The molecule has 1 heterocycles. The number of rotatable bonds is 16. The zero-order valence-corrected chi connectivity index (χ0v) is 35.1. The van der Waals surface area contributed by atoms with Crippen LogP contribution in [-0.4, -0.2) is 70.7 Å². The SMILES string of the molecule is C=C(C)C(=O)OCCN(CCOC(=O)C(=C)C)S(=O)(=O)c1ccc(N=Nc2ccc(N=Nc3ccc4c5c(cccc35)N(C)C(C)(CCC)N4C)c3ccccc23)cc1. The lowest BCUT2D eigenvalue weighted by Gasteiger charge is -2.52. The van der Waals surface area contributed by atoms with Gasteiger partial charge in [-0.1, -0.05) is 62.9 Å². The first-order valence-corrected chi connectivity index (χ1v) is 20.8. The molecular weight excluding hydrogens is 767 g/mol. The second-order valence-corrected chi connectivity index (χ2v) is 16.6. The quantitative estimate of drug-likeness (QED) is 0.0543. The molecule has 5 aromatic carbocycles. The summed E-state index contributed by atoms with van der Waals surface area (Å²) in [5.74, 6) is -1.28. The summed E-state index contributed by atoms with van der Waals surface area (Å²) in [5.41, 5.74) is 5.01. The highest BCUT2D eigenvalue weighted by Crippen LogP contribution is 2.48. The number of anilines is 2. The lowest BCUT2D eigenvalue weighted by atomic mass is 9.93. The molecule has 306 valence electrons. The van der Waals surface area contributed by atoms with Gasteiger partial charge < -0.3 is 19.3 Å². The van der Waals surface area contributed by atoms with Crippen molar-refractivity contribution in [1.82, 2.24) is 4.31 Å². The maximum atomic E-state index is 13.7. The minimum Gasteiger partial charge on any atom is -0.461 e. The zero-order chi connectivity index (χ0) is 42.5. The molecule has 0 fully saturated rings. The second kappa shape index (κ2) is 17.7. The molecule has 1 unspecified atom stereocenters. The molecular formula is C45H49N7O6S. The van der Waals surface area contributed by atoms with Crippen LogP contribution in [0, 0.1) is 0 Å². The van der Waals surface area contributed by atoms with Crippen LogP contribution in [-0.2, 0) is 29.1 Å². The highest BCUT2D eigenvalue weighted by Gasteiger charge is 2.39. The van der Waals surface area contributed by atoms with Crippen molar-refractivity contribution in [3.8, 4) is 0 Å². The smallest absolute Gasteiger partial charge is 0.333 e. The normalized spacial score (nSPS) is 15.4. The van der Waals surface area contributed by atoms with Crippen molar-refractivity contribution in [3.05, 3.63) is 115 Å². The monoisotopic (exact) mass is 815 g/mol. The van der Waals surface area contributed by atoms with Crippen LogP contribution in [0.4, 0.5) is 34.1 Å². The Morgan fingerprint density at radius 2 is 1.15 bits per heavy atom. The van der Waals surface area contributed by atoms with Crippen molar-refractivity contribution in [2.45, 2.75) is 51.1 Å². The fourth-order valence-electron chi connectivity index (χ4n) is 7.13. The van der Waals surface area contributed by atoms with E-state index in [0.717, 1.165) is 44.4 Å². The van der Waals surface area contributed by atoms with E-state index in [1.807, 2.05) is 42.5 Å². The predicted octanol–water partition coefficient (Wildman–Crippen LogP) is 10.5. The molecule has 13 nitrogen and oxygen atoms in total. The molecule has 0 saturated carbocycles. The number of carbonyl (C=O) groups excluding carboxylic acids is 2. The Balaban J connectivity index is 1.22. The Labute approximate surface area is 345 Å². The fourth-order valence-corrected chi connectivity index (χ4v) is 8.53. The van der Waals surface area contributed by atoms with E-state index in [9.17, 15) is 18.0 Å². The van der Waals surface area contributed by atoms with Crippen molar-refractivity contribution in [2.75, 3.05) is 50.2 Å². The van der Waals surface area contributed by atoms with Crippen LogP contribution in [0.3, 0.4) is 0 Å². The van der Waals surface area contributed by atoms with Gasteiger partial charge in [0.25, 0.3) is 0 Å². The molecule has 6 rings (SSSR count). The van der Waals surface area contributed by atoms with Gasteiger partial charge in [0.1, 0.15) is 18.9 Å². The molecule has 14 heteroatoms. The predicted molar refractivity (Wildman–Crippen MR) is 233 cm³/mol. The summed E-state index contributed by atoms with van der Waals surface area (Å²) in [5, 5.41) is 22.3. The number of carbonyl (C=O) groups is 2. The zero-order valence-electron chi connectivity index (χ0n) is 34.3. The van der Waals surface area contributed by atoms with Gasteiger partial charge >= 0.3 is 11.9 Å². The molecule has 0 aliphatic carbocycles. The lowest BCUT2D eigenvalue weighted by molar-refractivity contribution is -0.139. The topological polar surface area (TPSA) is 146 Å². The van der Waals surface area contributed by atoms with Gasteiger partial charge in [-0.3, -0.25) is 0 Å². The van der Waals surface area contributed by atoms with Crippen LogP contribution in [0.1, 0.15) is 40.5 Å². The summed E-state index contributed by atoms with van der Waals surface area (Å²) in [6.45, 7) is 13.8. The van der Waals surface area contributed by atoms with Crippen LogP contribution in [0.25, 0.3) is 21.5 Å². The molecule has 5 aromatic rings. The largest absolute Gasteiger partial charge is 0.461 e. The maximum Gasteiger partial charge on any atom is 0.333 e. The Hall–Kier alpha value is -6.25. The van der Waals surface area contributed by atoms with Crippen molar-refractivity contribution in [2.24, 2.45) is 20.5 Å². The summed E-state index contributed by atoms with van der Waals surface area (Å²) in [6, 6.07) is 27.9. The van der Waals surface area contributed by atoms with Crippen molar-refractivity contribution < 1.29 is 27.5 Å². The molecule has 0 N–H and O–H groups in total. The second-order valence-electron chi connectivity index (χ2n) is 14.7. The number of hydrogen-bond donors (Lipinski definition) is 0. The van der Waals surface area contributed by atoms with Crippen molar-refractivity contribution >= 4 is 77.6 Å². The summed E-state index contributed by atoms with van der Waals surface area (Å²) in [6.07, 6.45) is 2.09. The van der Waals surface area contributed by atoms with Gasteiger partial charge in [-0.25, -0.2) is 18.0 Å². The number of azo groups is 2. The first kappa shape index (κ1) is 42.4. The average molecular weight is 816 g/mol. The van der Waals surface area contributed by atoms with Crippen LogP contribution in [0.2, 0.25) is 0 Å². The van der Waals surface area contributed by atoms with Crippen molar-refractivity contribution in [1.29, 1.82) is 0 Å². The minimum atomic E-state index is -4.10. The van der Waals surface area contributed by atoms with E-state index in [1.165, 1.54) is 37.4 Å². The molecule has 1 aliphatic heterocycles. The molecule has 0 aromatic heterocycles. The first-order chi connectivity index (χ1) is 28.2. The van der Waals surface area contributed by atoms with E-state index < -0.39 is 22.0 Å². The molecule has 59 heavy (non-hydrogen) atoms.